The van der Waals surface area contributed by atoms with Crippen LogP contribution in [0.3, 0.4) is 0 Å². The summed E-state index contributed by atoms with van der Waals surface area (Å²) in [5, 5.41) is 0. The molecule has 3 fully saturated rings. The highest BCUT2D eigenvalue weighted by Crippen LogP contribution is 2.48. The number of fused-ring (bicyclic) bond motifs is 2. The Balaban J connectivity index is 1.76. The molecule has 2 saturated carbocycles. The second kappa shape index (κ2) is 4.68. The van der Waals surface area contributed by atoms with Crippen molar-refractivity contribution in [2.75, 3.05) is 14.1 Å². The van der Waals surface area contributed by atoms with Crippen molar-refractivity contribution in [3.05, 3.63) is 0 Å². The zero-order valence-electron chi connectivity index (χ0n) is 11.8. The molecule has 0 spiro atoms. The normalized spacial score (nSPS) is 35.3. The molecule has 3 aliphatic rings. The first-order valence-corrected chi connectivity index (χ1v) is 7.13. The zero-order chi connectivity index (χ0) is 14.4. The minimum Gasteiger partial charge on any atom is -0.284 e. The molecule has 1 saturated heterocycles. The van der Waals surface area contributed by atoms with Gasteiger partial charge in [-0.25, -0.2) is 4.79 Å². The molecular weight excluding hydrogens is 258 g/mol. The summed E-state index contributed by atoms with van der Waals surface area (Å²) in [6, 6.07) is -0.430. The number of urea groups is 1. The molecule has 2 bridgehead atoms. The lowest BCUT2D eigenvalue weighted by Gasteiger charge is -2.30. The van der Waals surface area contributed by atoms with Crippen molar-refractivity contribution in [3.63, 3.8) is 0 Å². The van der Waals surface area contributed by atoms with Gasteiger partial charge in [0, 0.05) is 20.0 Å². The van der Waals surface area contributed by atoms with Gasteiger partial charge in [-0.3, -0.25) is 19.4 Å². The van der Waals surface area contributed by atoms with Gasteiger partial charge >= 0.3 is 6.03 Å². The van der Waals surface area contributed by atoms with Crippen molar-refractivity contribution in [2.45, 2.75) is 32.1 Å². The smallest absolute Gasteiger partial charge is 0.284 e. The first-order valence-electron chi connectivity index (χ1n) is 7.13. The third kappa shape index (κ3) is 2.03. The molecule has 6 nitrogen and oxygen atoms in total. The average molecular weight is 277 g/mol. The topological polar surface area (TPSA) is 70.1 Å². The van der Waals surface area contributed by atoms with Gasteiger partial charge in [0.25, 0.3) is 5.91 Å². The molecule has 6 heteroatoms. The quantitative estimate of drug-likeness (QED) is 0.724. The largest absolute Gasteiger partial charge is 0.331 e. The maximum absolute atomic E-state index is 12.3. The minimum absolute atomic E-state index is 0.000454. The van der Waals surface area contributed by atoms with Gasteiger partial charge in [-0.2, -0.15) is 4.99 Å². The molecule has 0 N–H and O–H groups in total. The molecule has 1 aliphatic heterocycles. The van der Waals surface area contributed by atoms with Gasteiger partial charge in [-0.05, 0) is 31.1 Å². The number of hydrogen-bond donors (Lipinski definition) is 0. The van der Waals surface area contributed by atoms with E-state index < -0.39 is 6.03 Å². The van der Waals surface area contributed by atoms with Gasteiger partial charge in [0.05, 0.1) is 6.42 Å². The highest BCUT2D eigenvalue weighted by molar-refractivity contribution is 6.17. The molecule has 3 atom stereocenters. The molecule has 4 amide bonds. The summed E-state index contributed by atoms with van der Waals surface area (Å²) in [6.45, 7) is 0. The maximum atomic E-state index is 12.3. The second-order valence-corrected chi connectivity index (χ2v) is 6.12. The van der Waals surface area contributed by atoms with E-state index >= 15 is 0 Å². The van der Waals surface area contributed by atoms with Crippen LogP contribution in [0.2, 0.25) is 0 Å². The molecular formula is C14H19N3O3. The number of aliphatic imine (C=N–C) groups is 1. The van der Waals surface area contributed by atoms with Crippen molar-refractivity contribution >= 4 is 23.7 Å². The van der Waals surface area contributed by atoms with Crippen LogP contribution < -0.4 is 0 Å². The van der Waals surface area contributed by atoms with E-state index in [1.807, 2.05) is 0 Å². The molecule has 2 aliphatic carbocycles. The maximum Gasteiger partial charge on any atom is 0.331 e. The van der Waals surface area contributed by atoms with Crippen molar-refractivity contribution < 1.29 is 14.4 Å². The lowest BCUT2D eigenvalue weighted by Crippen LogP contribution is -2.51. The highest BCUT2D eigenvalue weighted by atomic mass is 16.2. The van der Waals surface area contributed by atoms with Crippen LogP contribution in [0.5, 0.6) is 0 Å². The van der Waals surface area contributed by atoms with Crippen LogP contribution in [-0.2, 0) is 9.59 Å². The van der Waals surface area contributed by atoms with E-state index in [0.717, 1.165) is 24.2 Å². The van der Waals surface area contributed by atoms with Gasteiger partial charge in [-0.1, -0.05) is 6.42 Å². The molecule has 20 heavy (non-hydrogen) atoms. The lowest BCUT2D eigenvalue weighted by molar-refractivity contribution is -0.127. The number of hydrogen-bond acceptors (Lipinski definition) is 3. The van der Waals surface area contributed by atoms with Crippen LogP contribution in [0.1, 0.15) is 32.1 Å². The Labute approximate surface area is 117 Å². The van der Waals surface area contributed by atoms with E-state index in [-0.39, 0.29) is 30.0 Å². The summed E-state index contributed by atoms with van der Waals surface area (Å²) in [5.74, 6) is 0.953. The van der Waals surface area contributed by atoms with Gasteiger partial charge in [-0.15, -0.1) is 0 Å². The van der Waals surface area contributed by atoms with Crippen LogP contribution in [0.15, 0.2) is 4.99 Å². The van der Waals surface area contributed by atoms with Crippen molar-refractivity contribution in [1.82, 2.24) is 9.80 Å². The minimum atomic E-state index is -0.430. The van der Waals surface area contributed by atoms with Crippen LogP contribution >= 0.6 is 0 Å². The molecule has 3 unspecified atom stereocenters. The Hall–Kier alpha value is -1.72. The predicted molar refractivity (Wildman–Crippen MR) is 71.9 cm³/mol. The first-order chi connectivity index (χ1) is 9.47. The molecule has 0 aromatic carbocycles. The van der Waals surface area contributed by atoms with E-state index in [0.29, 0.717) is 11.8 Å². The molecule has 108 valence electrons. The van der Waals surface area contributed by atoms with Gasteiger partial charge in [0.2, 0.25) is 5.91 Å². The van der Waals surface area contributed by atoms with E-state index in [1.165, 1.54) is 18.4 Å². The van der Waals surface area contributed by atoms with E-state index in [9.17, 15) is 14.4 Å². The number of imide groups is 1. The van der Waals surface area contributed by atoms with E-state index in [4.69, 9.17) is 0 Å². The summed E-state index contributed by atoms with van der Waals surface area (Å²) in [4.78, 5) is 42.2. The number of amidine groups is 1. The molecule has 0 aromatic heterocycles. The Bertz CT molecular complexity index is 514. The third-order valence-corrected chi connectivity index (χ3v) is 4.94. The fourth-order valence-corrected chi connectivity index (χ4v) is 3.69. The van der Waals surface area contributed by atoms with Crippen molar-refractivity contribution in [3.8, 4) is 0 Å². The summed E-state index contributed by atoms with van der Waals surface area (Å²) in [7, 11) is 2.99. The molecule has 3 rings (SSSR count). The number of carbonyl (C=O) groups is 3. The summed E-state index contributed by atoms with van der Waals surface area (Å²) in [6.07, 6.45) is 4.42. The van der Waals surface area contributed by atoms with Crippen LogP contribution in [0.4, 0.5) is 4.79 Å². The molecule has 0 radical (unpaired) electrons. The monoisotopic (exact) mass is 277 g/mol. The molecule has 0 aromatic rings. The SMILES string of the molecule is CN1C(=O)CC(=NC(=O)C2CC3CCC2C3)N(C)C1=O. The Morgan fingerprint density at radius 1 is 1.15 bits per heavy atom. The van der Waals surface area contributed by atoms with Gasteiger partial charge in [0.15, 0.2) is 0 Å². The predicted octanol–water partition coefficient (Wildman–Crippen LogP) is 1.26. The van der Waals surface area contributed by atoms with Crippen molar-refractivity contribution in [2.24, 2.45) is 22.7 Å². The number of nitrogens with zero attached hydrogens (tertiary/aromatic N) is 3. The van der Waals surface area contributed by atoms with Gasteiger partial charge in [0.1, 0.15) is 5.84 Å². The number of carbonyl (C=O) groups excluding carboxylic acids is 3. The average Bonchev–Trinajstić information content (AvgIpc) is 3.05. The number of amides is 4. The Kier molecular flexibility index (Phi) is 3.11. The van der Waals surface area contributed by atoms with Crippen molar-refractivity contribution in [1.29, 1.82) is 0 Å². The Morgan fingerprint density at radius 2 is 1.90 bits per heavy atom. The van der Waals surface area contributed by atoms with Crippen LogP contribution in [-0.4, -0.2) is 47.6 Å². The number of rotatable bonds is 1. The summed E-state index contributed by atoms with van der Waals surface area (Å²) < 4.78 is 0. The second-order valence-electron chi connectivity index (χ2n) is 6.12. The first kappa shape index (κ1) is 13.3. The molecule has 1 heterocycles. The standard InChI is InChI=1S/C14H19N3O3/c1-16-11(7-12(18)17(2)14(16)20)15-13(19)10-6-8-3-4-9(10)5-8/h8-10H,3-7H2,1-2H3. The van der Waals surface area contributed by atoms with Crippen LogP contribution in [0.25, 0.3) is 0 Å². The van der Waals surface area contributed by atoms with E-state index in [1.54, 1.807) is 7.05 Å². The zero-order valence-corrected chi connectivity index (χ0v) is 11.8. The summed E-state index contributed by atoms with van der Waals surface area (Å²) in [5.41, 5.74) is 0. The lowest BCUT2D eigenvalue weighted by atomic mass is 9.88. The highest BCUT2D eigenvalue weighted by Gasteiger charge is 2.43. The Morgan fingerprint density at radius 3 is 2.50 bits per heavy atom. The third-order valence-electron chi connectivity index (χ3n) is 4.94. The fourth-order valence-electron chi connectivity index (χ4n) is 3.69. The van der Waals surface area contributed by atoms with E-state index in [2.05, 4.69) is 4.99 Å². The fraction of sp³-hybridized carbons (Fsp3) is 0.714. The van der Waals surface area contributed by atoms with Gasteiger partial charge < -0.3 is 0 Å². The van der Waals surface area contributed by atoms with Crippen LogP contribution in [0, 0.1) is 17.8 Å². The summed E-state index contributed by atoms with van der Waals surface area (Å²) >= 11 is 0.